The van der Waals surface area contributed by atoms with E-state index >= 15 is 0 Å². The summed E-state index contributed by atoms with van der Waals surface area (Å²) >= 11 is 0. The number of nitrogens with zero attached hydrogens (tertiary/aromatic N) is 1. The van der Waals surface area contributed by atoms with Crippen molar-refractivity contribution in [1.29, 1.82) is 0 Å². The molecule has 3 aromatic rings. The van der Waals surface area contributed by atoms with Crippen molar-refractivity contribution in [2.45, 2.75) is 31.9 Å². The molecule has 156 valence electrons. The summed E-state index contributed by atoms with van der Waals surface area (Å²) in [5.74, 6) is -1.09. The van der Waals surface area contributed by atoms with Crippen molar-refractivity contribution >= 4 is 22.8 Å². The van der Waals surface area contributed by atoms with Crippen LogP contribution in [0.2, 0.25) is 0 Å². The molecule has 30 heavy (non-hydrogen) atoms. The molecule has 2 aromatic carbocycles. The number of aliphatic hydroxyl groups is 1. The lowest BCUT2D eigenvalue weighted by molar-refractivity contribution is 0.0269. The van der Waals surface area contributed by atoms with E-state index in [0.717, 1.165) is 5.56 Å². The zero-order chi connectivity index (χ0) is 21.3. The van der Waals surface area contributed by atoms with Gasteiger partial charge in [-0.1, -0.05) is 12.1 Å². The van der Waals surface area contributed by atoms with Gasteiger partial charge in [-0.3, -0.25) is 4.79 Å². The number of likely N-dealkylation sites (tertiary alicyclic amines) is 1. The number of hydrogen-bond donors (Lipinski definition) is 1. The Morgan fingerprint density at radius 3 is 2.70 bits per heavy atom. The number of aliphatic hydroxyl groups excluding tert-OH is 1. The van der Waals surface area contributed by atoms with Crippen LogP contribution in [-0.2, 0) is 4.74 Å². The van der Waals surface area contributed by atoms with Crippen LogP contribution in [0.15, 0.2) is 53.1 Å². The van der Waals surface area contributed by atoms with Crippen molar-refractivity contribution in [3.05, 3.63) is 71.2 Å². The summed E-state index contributed by atoms with van der Waals surface area (Å²) < 4.78 is 23.8. The smallest absolute Gasteiger partial charge is 0.342 e. The minimum Gasteiger partial charge on any atom is -0.463 e. The molecule has 1 N–H and O–H groups in total. The van der Waals surface area contributed by atoms with Crippen LogP contribution in [0, 0.1) is 5.82 Å². The molecule has 2 atom stereocenters. The molecule has 0 aliphatic carbocycles. The minimum absolute atomic E-state index is 0.186. The quantitative estimate of drug-likeness (QED) is 0.654. The first-order chi connectivity index (χ1) is 14.5. The number of carbonyl (C=O) groups excluding carboxylic acids is 2. The third-order valence-electron chi connectivity index (χ3n) is 5.39. The second-order valence-electron chi connectivity index (χ2n) is 7.34. The van der Waals surface area contributed by atoms with E-state index in [0.29, 0.717) is 34.9 Å². The highest BCUT2D eigenvalue weighted by Crippen LogP contribution is 2.33. The Morgan fingerprint density at radius 1 is 1.20 bits per heavy atom. The number of halogens is 1. The van der Waals surface area contributed by atoms with Crippen LogP contribution in [0.1, 0.15) is 52.1 Å². The third kappa shape index (κ3) is 3.80. The van der Waals surface area contributed by atoms with Gasteiger partial charge in [0.25, 0.3) is 5.91 Å². The lowest BCUT2D eigenvalue weighted by atomic mass is 9.93. The van der Waals surface area contributed by atoms with Gasteiger partial charge in [-0.15, -0.1) is 0 Å². The fourth-order valence-corrected chi connectivity index (χ4v) is 3.90. The molecule has 0 saturated carbocycles. The van der Waals surface area contributed by atoms with E-state index in [1.807, 2.05) is 0 Å². The zero-order valence-electron chi connectivity index (χ0n) is 16.5. The van der Waals surface area contributed by atoms with Crippen LogP contribution in [0.25, 0.3) is 11.0 Å². The molecular formula is C23H22FNO5. The summed E-state index contributed by atoms with van der Waals surface area (Å²) in [6, 6.07) is 10.7. The van der Waals surface area contributed by atoms with Gasteiger partial charge in [-0.2, -0.15) is 0 Å². The third-order valence-corrected chi connectivity index (χ3v) is 5.39. The molecule has 0 radical (unpaired) electrons. The van der Waals surface area contributed by atoms with Crippen molar-refractivity contribution in [1.82, 2.24) is 4.90 Å². The Labute approximate surface area is 172 Å². The maximum Gasteiger partial charge on any atom is 0.342 e. The van der Waals surface area contributed by atoms with E-state index in [2.05, 4.69) is 0 Å². The van der Waals surface area contributed by atoms with Crippen molar-refractivity contribution in [3.8, 4) is 0 Å². The molecule has 1 fully saturated rings. The van der Waals surface area contributed by atoms with Crippen molar-refractivity contribution in [2.75, 3.05) is 13.2 Å². The summed E-state index contributed by atoms with van der Waals surface area (Å²) in [6.07, 6.45) is 1.84. The SMILES string of the molecule is CCOC(=O)c1coc2cc(C(=O)N3CC(O)CCC3c3ccc(F)cc3)ccc12. The predicted molar refractivity (Wildman–Crippen MR) is 108 cm³/mol. The maximum atomic E-state index is 13.3. The Kier molecular flexibility index (Phi) is 5.55. The fraction of sp³-hybridized carbons (Fsp3) is 0.304. The van der Waals surface area contributed by atoms with E-state index in [-0.39, 0.29) is 30.9 Å². The molecule has 1 aromatic heterocycles. The van der Waals surface area contributed by atoms with Crippen molar-refractivity contribution < 1.29 is 28.2 Å². The Morgan fingerprint density at radius 2 is 1.97 bits per heavy atom. The number of hydrogen-bond acceptors (Lipinski definition) is 5. The van der Waals surface area contributed by atoms with Gasteiger partial charge in [0.1, 0.15) is 23.2 Å². The average Bonchev–Trinajstić information content (AvgIpc) is 3.17. The number of β-amino-alcohol motifs (C(OH)–C–C–N with tert-alkyl or cyclic N) is 1. The van der Waals surface area contributed by atoms with Crippen molar-refractivity contribution in [3.63, 3.8) is 0 Å². The first-order valence-corrected chi connectivity index (χ1v) is 9.90. The lowest BCUT2D eigenvalue weighted by Gasteiger charge is -2.38. The Bertz CT molecular complexity index is 1070. The molecule has 1 aliphatic heterocycles. The van der Waals surface area contributed by atoms with E-state index < -0.39 is 12.1 Å². The van der Waals surface area contributed by atoms with Crippen LogP contribution in [0.5, 0.6) is 0 Å². The molecule has 2 heterocycles. The van der Waals surface area contributed by atoms with Crippen molar-refractivity contribution in [2.24, 2.45) is 0 Å². The number of piperidine rings is 1. The summed E-state index contributed by atoms with van der Waals surface area (Å²) in [5.41, 5.74) is 1.91. The summed E-state index contributed by atoms with van der Waals surface area (Å²) in [4.78, 5) is 26.9. The first kappa shape index (κ1) is 20.1. The standard InChI is InChI=1S/C23H22FNO5/c1-2-29-23(28)19-13-30-21-11-15(5-9-18(19)21)22(27)25-12-17(26)8-10-20(25)14-3-6-16(24)7-4-14/h3-7,9,11,13,17,20,26H,2,8,10,12H2,1H3. The van der Waals surface area contributed by atoms with E-state index in [1.54, 1.807) is 42.2 Å². The molecule has 2 unspecified atom stereocenters. The van der Waals surface area contributed by atoms with Crippen LogP contribution in [0.4, 0.5) is 4.39 Å². The monoisotopic (exact) mass is 411 g/mol. The normalized spacial score (nSPS) is 19.1. The van der Waals surface area contributed by atoms with Gasteiger partial charge in [0.15, 0.2) is 0 Å². The van der Waals surface area contributed by atoms with Gasteiger partial charge in [0.2, 0.25) is 0 Å². The van der Waals surface area contributed by atoms with Gasteiger partial charge in [-0.25, -0.2) is 9.18 Å². The number of esters is 1. The lowest BCUT2D eigenvalue weighted by Crippen LogP contribution is -2.44. The van der Waals surface area contributed by atoms with E-state index in [1.165, 1.54) is 18.4 Å². The van der Waals surface area contributed by atoms with Crippen LogP contribution >= 0.6 is 0 Å². The minimum atomic E-state index is -0.617. The average molecular weight is 411 g/mol. The number of ether oxygens (including phenoxy) is 1. The van der Waals surface area contributed by atoms with Gasteiger partial charge in [0, 0.05) is 17.5 Å². The molecule has 7 heteroatoms. The van der Waals surface area contributed by atoms with E-state index in [4.69, 9.17) is 9.15 Å². The highest BCUT2D eigenvalue weighted by atomic mass is 19.1. The predicted octanol–water partition coefficient (Wildman–Crippen LogP) is 4.09. The first-order valence-electron chi connectivity index (χ1n) is 9.90. The number of benzene rings is 2. The van der Waals surface area contributed by atoms with Gasteiger partial charge < -0.3 is 19.2 Å². The molecule has 6 nitrogen and oxygen atoms in total. The largest absolute Gasteiger partial charge is 0.463 e. The molecule has 0 spiro atoms. The molecular weight excluding hydrogens is 389 g/mol. The van der Waals surface area contributed by atoms with Crippen LogP contribution in [-0.4, -0.2) is 41.1 Å². The second kappa shape index (κ2) is 8.28. The highest BCUT2D eigenvalue weighted by molar-refractivity contribution is 6.05. The van der Waals surface area contributed by atoms with Gasteiger partial charge in [0.05, 0.1) is 18.8 Å². The van der Waals surface area contributed by atoms with Gasteiger partial charge >= 0.3 is 5.97 Å². The summed E-state index contributed by atoms with van der Waals surface area (Å²) in [6.45, 7) is 2.16. The zero-order valence-corrected chi connectivity index (χ0v) is 16.5. The fourth-order valence-electron chi connectivity index (χ4n) is 3.90. The molecule has 1 saturated heterocycles. The van der Waals surface area contributed by atoms with Crippen LogP contribution < -0.4 is 0 Å². The van der Waals surface area contributed by atoms with Gasteiger partial charge in [-0.05, 0) is 55.7 Å². The van der Waals surface area contributed by atoms with E-state index in [9.17, 15) is 19.1 Å². The maximum absolute atomic E-state index is 13.3. The molecule has 1 amide bonds. The number of rotatable bonds is 4. The Hall–Kier alpha value is -3.19. The number of amides is 1. The molecule has 1 aliphatic rings. The number of fused-ring (bicyclic) bond motifs is 1. The number of carbonyl (C=O) groups is 2. The summed E-state index contributed by atoms with van der Waals surface area (Å²) in [5, 5.41) is 10.7. The topological polar surface area (TPSA) is 80.0 Å². The van der Waals surface area contributed by atoms with Crippen LogP contribution in [0.3, 0.4) is 0 Å². The highest BCUT2D eigenvalue weighted by Gasteiger charge is 2.32. The number of furan rings is 1. The molecule has 4 rings (SSSR count). The molecule has 0 bridgehead atoms. The second-order valence-corrected chi connectivity index (χ2v) is 7.34. The summed E-state index contributed by atoms with van der Waals surface area (Å²) in [7, 11) is 0. The Balaban J connectivity index is 1.64.